The molecule has 10 nitrogen and oxygen atoms in total. The molecule has 0 saturated carbocycles. The van der Waals surface area contributed by atoms with Crippen LogP contribution < -0.4 is 10.2 Å². The van der Waals surface area contributed by atoms with Crippen LogP contribution in [0.15, 0.2) is 13.5 Å². The predicted octanol–water partition coefficient (Wildman–Crippen LogP) is 6.73. The van der Waals surface area contributed by atoms with Crippen LogP contribution in [0.4, 0.5) is 0 Å². The number of ether oxygens (including phenoxy) is 3. The zero-order chi connectivity index (χ0) is 23.3. The summed E-state index contributed by atoms with van der Waals surface area (Å²) in [6, 6.07) is 0. The van der Waals surface area contributed by atoms with Crippen LogP contribution in [-0.2, 0) is 23.3 Å². The smallest absolute Gasteiger partial charge is 0.280 e. The lowest BCUT2D eigenvalue weighted by molar-refractivity contribution is 0.00533. The monoisotopic (exact) mass is 567 g/mol. The van der Waals surface area contributed by atoms with Crippen molar-refractivity contribution in [2.45, 2.75) is 51.4 Å². The Bertz CT molecular complexity index is 727. The molecule has 2 N–H and O–H groups in total. The normalized spacial score (nSPS) is 34.4. The third kappa shape index (κ3) is 10.9. The highest BCUT2D eigenvalue weighted by atomic mass is 35.9. The largest absolute Gasteiger partial charge is 0.377 e. The average Bonchev–Trinajstić information content (AvgIpc) is 2.76. The molecular formula is C18H38Cl2N5O5P3. The van der Waals surface area contributed by atoms with Gasteiger partial charge in [0.25, 0.3) is 21.1 Å². The van der Waals surface area contributed by atoms with Crippen LogP contribution in [0.5, 0.6) is 0 Å². The van der Waals surface area contributed by atoms with Gasteiger partial charge in [-0.1, -0.05) is 38.5 Å². The van der Waals surface area contributed by atoms with E-state index in [0.29, 0.717) is 65.9 Å². The molecule has 0 spiro atoms. The fourth-order valence-electron chi connectivity index (χ4n) is 3.58. The van der Waals surface area contributed by atoms with Crippen molar-refractivity contribution >= 4 is 43.6 Å². The molecule has 3 rings (SSSR count). The van der Waals surface area contributed by atoms with Gasteiger partial charge in [-0.25, -0.2) is 10.2 Å². The standard InChI is InChI=1S/C18H38Cl2N5O5P3/c19-31(20)23-32-21-9-7-5-3-1-2-4-6-8-10-22-33(24-31,25-32)30-18-16-28-14-12-26-11-13-27-15-17-29-32/h21-22H,1-18H2. The highest BCUT2D eigenvalue weighted by molar-refractivity contribution is 8.13. The number of hydrogen-bond acceptors (Lipinski definition) is 10. The van der Waals surface area contributed by atoms with Crippen molar-refractivity contribution in [3.8, 4) is 0 Å². The molecule has 0 aromatic rings. The number of hydrogen-bond donors (Lipinski definition) is 2. The van der Waals surface area contributed by atoms with Crippen molar-refractivity contribution in [3.63, 3.8) is 0 Å². The first-order valence-electron chi connectivity index (χ1n) is 11.9. The van der Waals surface area contributed by atoms with Crippen molar-refractivity contribution in [1.82, 2.24) is 10.2 Å². The molecule has 2 atom stereocenters. The number of rotatable bonds is 0. The second-order valence-electron chi connectivity index (χ2n) is 7.96. The van der Waals surface area contributed by atoms with Gasteiger partial charge in [0.05, 0.1) is 52.9 Å². The molecule has 0 aliphatic carbocycles. The lowest BCUT2D eigenvalue weighted by Crippen LogP contribution is -2.20. The van der Waals surface area contributed by atoms with Crippen LogP contribution >= 0.6 is 43.6 Å². The minimum absolute atomic E-state index is 0.310. The van der Waals surface area contributed by atoms with Gasteiger partial charge >= 0.3 is 0 Å². The molecule has 0 fully saturated rings. The number of nitrogens with one attached hydrogen (secondary N) is 2. The van der Waals surface area contributed by atoms with Crippen LogP contribution in [-0.4, -0.2) is 65.9 Å². The minimum atomic E-state index is -3.06. The van der Waals surface area contributed by atoms with E-state index in [1.807, 2.05) is 0 Å². The minimum Gasteiger partial charge on any atom is -0.377 e. The van der Waals surface area contributed by atoms with E-state index in [9.17, 15) is 0 Å². The quantitative estimate of drug-likeness (QED) is 0.312. The molecule has 3 aliphatic heterocycles. The van der Waals surface area contributed by atoms with Gasteiger partial charge in [-0.3, -0.25) is 0 Å². The summed E-state index contributed by atoms with van der Waals surface area (Å²) < 4.78 is 43.6. The third-order valence-electron chi connectivity index (χ3n) is 5.18. The highest BCUT2D eigenvalue weighted by Crippen LogP contribution is 2.80. The summed E-state index contributed by atoms with van der Waals surface area (Å²) in [6.07, 6.45) is 9.31. The first-order valence-corrected chi connectivity index (χ1v) is 18.6. The molecule has 2 bridgehead atoms. The van der Waals surface area contributed by atoms with Gasteiger partial charge in [0.2, 0.25) is 0 Å². The molecular weight excluding hydrogens is 530 g/mol. The van der Waals surface area contributed by atoms with Crippen molar-refractivity contribution in [3.05, 3.63) is 0 Å². The summed E-state index contributed by atoms with van der Waals surface area (Å²) >= 11 is 13.3. The second kappa shape index (κ2) is 15.3. The molecule has 0 amide bonds. The summed E-state index contributed by atoms with van der Waals surface area (Å²) in [5.74, 6) is -3.06. The Balaban J connectivity index is 1.89. The molecule has 3 heterocycles. The Hall–Kier alpha value is 0.990. The Kier molecular flexibility index (Phi) is 13.2. The SMILES string of the molecule is ClP1(Cl)=NP23=NP(=N1)(NCCCCCCCCCCN2)OCCOCCOCCOCCO3. The van der Waals surface area contributed by atoms with Crippen LogP contribution in [0, 0.1) is 0 Å². The van der Waals surface area contributed by atoms with Gasteiger partial charge in [-0.2, -0.15) is 13.5 Å². The van der Waals surface area contributed by atoms with E-state index in [2.05, 4.69) is 19.2 Å². The van der Waals surface area contributed by atoms with Crippen LogP contribution in [0.2, 0.25) is 0 Å². The Morgan fingerprint density at radius 3 is 1.36 bits per heavy atom. The van der Waals surface area contributed by atoms with Gasteiger partial charge in [-0.05, 0) is 35.3 Å². The molecule has 15 heteroatoms. The zero-order valence-electron chi connectivity index (χ0n) is 19.2. The first kappa shape index (κ1) is 28.6. The third-order valence-corrected chi connectivity index (χ3v) is 15.6. The summed E-state index contributed by atoms with van der Waals surface area (Å²) in [5.41, 5.74) is 0. The predicted molar refractivity (Wildman–Crippen MR) is 137 cm³/mol. The lowest BCUT2D eigenvalue weighted by Gasteiger charge is -2.32. The van der Waals surface area contributed by atoms with Gasteiger partial charge in [0.1, 0.15) is 0 Å². The molecule has 194 valence electrons. The van der Waals surface area contributed by atoms with Crippen molar-refractivity contribution in [2.75, 3.05) is 65.9 Å². The zero-order valence-corrected chi connectivity index (χ0v) is 23.4. The Labute approximate surface area is 207 Å². The Morgan fingerprint density at radius 2 is 0.879 bits per heavy atom. The molecule has 33 heavy (non-hydrogen) atoms. The average molecular weight is 568 g/mol. The van der Waals surface area contributed by atoms with E-state index in [1.54, 1.807) is 0 Å². The van der Waals surface area contributed by atoms with Crippen LogP contribution in [0.25, 0.3) is 0 Å². The van der Waals surface area contributed by atoms with E-state index < -0.39 is 21.1 Å². The van der Waals surface area contributed by atoms with E-state index in [0.717, 1.165) is 25.7 Å². The molecule has 0 saturated heterocycles. The van der Waals surface area contributed by atoms with Crippen molar-refractivity contribution in [1.29, 1.82) is 0 Å². The van der Waals surface area contributed by atoms with Gasteiger partial charge in [0.15, 0.2) is 0 Å². The van der Waals surface area contributed by atoms with Crippen LogP contribution in [0.1, 0.15) is 51.4 Å². The first-order chi connectivity index (χ1) is 16.0. The molecule has 3 aliphatic rings. The topological polar surface area (TPSA) is 107 Å². The van der Waals surface area contributed by atoms with E-state index in [4.69, 9.17) is 50.3 Å². The van der Waals surface area contributed by atoms with Crippen molar-refractivity contribution < 1.29 is 23.3 Å². The molecule has 0 radical (unpaired) electrons. The van der Waals surface area contributed by atoms with E-state index in [-0.39, 0.29) is 0 Å². The van der Waals surface area contributed by atoms with E-state index >= 15 is 0 Å². The summed E-state index contributed by atoms with van der Waals surface area (Å²) in [4.78, 5) is 0. The van der Waals surface area contributed by atoms with Gasteiger partial charge < -0.3 is 23.3 Å². The molecule has 2 unspecified atom stereocenters. The summed E-state index contributed by atoms with van der Waals surface area (Å²) in [6.45, 7) is 4.80. The maximum absolute atomic E-state index is 6.66. The maximum atomic E-state index is 6.66. The van der Waals surface area contributed by atoms with Gasteiger partial charge in [-0.15, -0.1) is 0 Å². The van der Waals surface area contributed by atoms with E-state index in [1.165, 1.54) is 25.7 Å². The van der Waals surface area contributed by atoms with Crippen molar-refractivity contribution in [2.24, 2.45) is 13.5 Å². The second-order valence-corrected chi connectivity index (χ2v) is 17.7. The Morgan fingerprint density at radius 1 is 0.485 bits per heavy atom. The van der Waals surface area contributed by atoms with Crippen LogP contribution in [0.3, 0.4) is 0 Å². The molecule has 0 aromatic carbocycles. The summed E-state index contributed by atoms with van der Waals surface area (Å²) in [5, 5.41) is 6.94. The number of halogens is 2. The fraction of sp³-hybridized carbons (Fsp3) is 1.00. The number of nitrogens with zero attached hydrogens (tertiary/aromatic N) is 3. The fourth-order valence-corrected chi connectivity index (χ4v) is 15.5. The summed E-state index contributed by atoms with van der Waals surface area (Å²) in [7, 11) is -5.81. The maximum Gasteiger partial charge on any atom is 0.280 e. The molecule has 0 aromatic heterocycles. The highest BCUT2D eigenvalue weighted by Gasteiger charge is 2.37. The lowest BCUT2D eigenvalue weighted by atomic mass is 10.1. The van der Waals surface area contributed by atoms with Gasteiger partial charge in [0, 0.05) is 13.1 Å².